The van der Waals surface area contributed by atoms with Gasteiger partial charge >= 0.3 is 7.82 Å². The molecule has 0 aromatic rings. The van der Waals surface area contributed by atoms with Gasteiger partial charge in [0.2, 0.25) is 5.91 Å². The van der Waals surface area contributed by atoms with Crippen LogP contribution in [0, 0.1) is 0 Å². The molecule has 0 spiro atoms. The fourth-order valence-electron chi connectivity index (χ4n) is 2.47. The van der Waals surface area contributed by atoms with Crippen molar-refractivity contribution < 1.29 is 28.8 Å². The Hall–Kier alpha value is -1.24. The molecule has 1 amide bonds. The molecular weight excluding hydrogens is 393 g/mol. The molecule has 4 N–H and O–H groups in total. The van der Waals surface area contributed by atoms with Crippen molar-refractivity contribution in [2.24, 2.45) is 0 Å². The Bertz CT molecular complexity index is 541. The van der Waals surface area contributed by atoms with Crippen molar-refractivity contribution >= 4 is 13.7 Å². The number of nitrogens with one attached hydrogen (secondary N) is 1. The van der Waals surface area contributed by atoms with Gasteiger partial charge in [-0.2, -0.15) is 0 Å². The predicted molar refractivity (Wildman–Crippen MR) is 116 cm³/mol. The van der Waals surface area contributed by atoms with Gasteiger partial charge in [0.1, 0.15) is 0 Å². The molecule has 0 bridgehead atoms. The number of hydrogen-bond donors (Lipinski definition) is 4. The highest BCUT2D eigenvalue weighted by Crippen LogP contribution is 2.35. The van der Waals surface area contributed by atoms with Crippen LogP contribution in [0.3, 0.4) is 0 Å². The molecule has 168 valence electrons. The van der Waals surface area contributed by atoms with Crippen molar-refractivity contribution in [1.82, 2.24) is 5.32 Å². The molecule has 0 saturated heterocycles. The Kier molecular flexibility index (Phi) is 18.0. The Morgan fingerprint density at radius 1 is 0.966 bits per heavy atom. The molecule has 0 radical (unpaired) electrons. The number of aliphatic hydroxyl groups excluding tert-OH is 1. The summed E-state index contributed by atoms with van der Waals surface area (Å²) in [5.74, 6) is -0.179. The maximum absolute atomic E-state index is 11.6. The standard InChI is InChI=1S/C21H38NO6P/c1-2-3-4-5-6-7-8-9-10-11-12-13-14-15-16-17-21(24)22-18-20(23)19-28-29(25,26)27/h3-4,6-7,9-10,20,23H,2,5,8,11-19H2,1H3,(H,22,24)(H2,25,26,27)/b4-3-,7-6-,10-9-. The lowest BCUT2D eigenvalue weighted by atomic mass is 10.1. The van der Waals surface area contributed by atoms with Crippen molar-refractivity contribution in [1.29, 1.82) is 0 Å². The first-order chi connectivity index (χ1) is 13.8. The number of phosphoric ester groups is 1. The van der Waals surface area contributed by atoms with E-state index in [0.29, 0.717) is 6.42 Å². The lowest BCUT2D eigenvalue weighted by Gasteiger charge is -2.12. The number of carbonyl (C=O) groups excluding carboxylic acids is 1. The zero-order valence-electron chi connectivity index (χ0n) is 17.5. The molecule has 0 rings (SSSR count). The molecule has 0 saturated carbocycles. The second-order valence-corrected chi connectivity index (χ2v) is 8.08. The van der Waals surface area contributed by atoms with Gasteiger partial charge in [-0.25, -0.2) is 4.57 Å². The van der Waals surface area contributed by atoms with Gasteiger partial charge in [0.25, 0.3) is 0 Å². The summed E-state index contributed by atoms with van der Waals surface area (Å²) in [6.45, 7) is 1.52. The van der Waals surface area contributed by atoms with Gasteiger partial charge in [-0.05, 0) is 38.5 Å². The Balaban J connectivity index is 3.47. The SMILES string of the molecule is CC/C=C\C/C=C\C/C=C\CCCCCCCC(=O)NCC(O)COP(=O)(O)O. The normalized spacial score (nSPS) is 13.7. The molecule has 1 unspecified atom stereocenters. The Labute approximate surface area is 175 Å². The first kappa shape index (κ1) is 27.8. The fraction of sp³-hybridized carbons (Fsp3) is 0.667. The van der Waals surface area contributed by atoms with Gasteiger partial charge in [-0.15, -0.1) is 0 Å². The van der Waals surface area contributed by atoms with Gasteiger partial charge in [-0.1, -0.05) is 62.6 Å². The van der Waals surface area contributed by atoms with Gasteiger partial charge in [0, 0.05) is 13.0 Å². The van der Waals surface area contributed by atoms with Crippen LogP contribution in [-0.4, -0.2) is 40.1 Å². The predicted octanol–water partition coefficient (Wildman–Crippen LogP) is 4.16. The van der Waals surface area contributed by atoms with Crippen LogP contribution in [0.4, 0.5) is 0 Å². The zero-order valence-corrected chi connectivity index (χ0v) is 18.4. The molecule has 0 aliphatic rings. The van der Waals surface area contributed by atoms with E-state index in [9.17, 15) is 14.5 Å². The molecule has 0 heterocycles. The van der Waals surface area contributed by atoms with E-state index in [1.807, 2.05) is 0 Å². The number of aliphatic hydroxyl groups is 1. The van der Waals surface area contributed by atoms with Crippen LogP contribution in [-0.2, 0) is 13.9 Å². The third-order valence-corrected chi connectivity index (χ3v) is 4.51. The summed E-state index contributed by atoms with van der Waals surface area (Å²) in [6, 6.07) is 0. The molecular formula is C21H38NO6P. The van der Waals surface area contributed by atoms with Gasteiger partial charge in [0.15, 0.2) is 0 Å². The van der Waals surface area contributed by atoms with Gasteiger partial charge in [-0.3, -0.25) is 9.32 Å². The average Bonchev–Trinajstić information content (AvgIpc) is 2.67. The summed E-state index contributed by atoms with van der Waals surface area (Å²) in [7, 11) is -4.60. The highest BCUT2D eigenvalue weighted by Gasteiger charge is 2.17. The molecule has 0 aromatic heterocycles. The number of rotatable bonds is 18. The summed E-state index contributed by atoms with van der Waals surface area (Å²) in [5.41, 5.74) is 0. The van der Waals surface area contributed by atoms with E-state index in [2.05, 4.69) is 53.2 Å². The number of amides is 1. The Morgan fingerprint density at radius 2 is 1.55 bits per heavy atom. The van der Waals surface area contributed by atoms with E-state index in [-0.39, 0.29) is 12.5 Å². The first-order valence-electron chi connectivity index (χ1n) is 10.4. The highest BCUT2D eigenvalue weighted by atomic mass is 31.2. The van der Waals surface area contributed by atoms with Crippen molar-refractivity contribution in [3.63, 3.8) is 0 Å². The van der Waals surface area contributed by atoms with Crippen molar-refractivity contribution in [3.8, 4) is 0 Å². The highest BCUT2D eigenvalue weighted by molar-refractivity contribution is 7.46. The molecule has 0 aromatic carbocycles. The number of phosphoric acid groups is 1. The minimum absolute atomic E-state index is 0.0875. The maximum atomic E-state index is 11.6. The fourth-order valence-corrected chi connectivity index (χ4v) is 2.83. The summed E-state index contributed by atoms with van der Waals surface area (Å²) in [6.07, 6.45) is 21.7. The van der Waals surface area contributed by atoms with Crippen LogP contribution in [0.1, 0.15) is 71.1 Å². The zero-order chi connectivity index (χ0) is 21.8. The maximum Gasteiger partial charge on any atom is 0.469 e. The van der Waals surface area contributed by atoms with E-state index in [4.69, 9.17) is 9.79 Å². The number of unbranched alkanes of at least 4 members (excludes halogenated alkanes) is 5. The van der Waals surface area contributed by atoms with Crippen LogP contribution >= 0.6 is 7.82 Å². The quantitative estimate of drug-likeness (QED) is 0.147. The second-order valence-electron chi connectivity index (χ2n) is 6.84. The van der Waals surface area contributed by atoms with E-state index < -0.39 is 20.5 Å². The number of carbonyl (C=O) groups is 1. The summed E-state index contributed by atoms with van der Waals surface area (Å²) in [4.78, 5) is 28.7. The number of hydrogen-bond acceptors (Lipinski definition) is 4. The van der Waals surface area contributed by atoms with Gasteiger partial charge < -0.3 is 20.2 Å². The molecule has 29 heavy (non-hydrogen) atoms. The van der Waals surface area contributed by atoms with Crippen LogP contribution in [0.5, 0.6) is 0 Å². The molecule has 8 heteroatoms. The van der Waals surface area contributed by atoms with Crippen LogP contribution in [0.25, 0.3) is 0 Å². The molecule has 1 atom stereocenters. The molecule has 0 aliphatic heterocycles. The molecule has 7 nitrogen and oxygen atoms in total. The third kappa shape index (κ3) is 22.9. The largest absolute Gasteiger partial charge is 0.469 e. The number of allylic oxidation sites excluding steroid dienone is 6. The molecule has 0 aliphatic carbocycles. The minimum Gasteiger partial charge on any atom is -0.389 e. The van der Waals surface area contributed by atoms with Crippen molar-refractivity contribution in [2.45, 2.75) is 77.2 Å². The smallest absolute Gasteiger partial charge is 0.389 e. The van der Waals surface area contributed by atoms with Crippen LogP contribution < -0.4 is 5.32 Å². The topological polar surface area (TPSA) is 116 Å². The second kappa shape index (κ2) is 18.8. The minimum atomic E-state index is -4.60. The lowest BCUT2D eigenvalue weighted by Crippen LogP contribution is -2.34. The van der Waals surface area contributed by atoms with E-state index in [0.717, 1.165) is 57.8 Å². The van der Waals surface area contributed by atoms with Crippen LogP contribution in [0.15, 0.2) is 36.5 Å². The molecule has 0 fully saturated rings. The first-order valence-corrected chi connectivity index (χ1v) is 12.0. The average molecular weight is 432 g/mol. The van der Waals surface area contributed by atoms with Gasteiger partial charge in [0.05, 0.1) is 12.7 Å². The Morgan fingerprint density at radius 3 is 2.21 bits per heavy atom. The van der Waals surface area contributed by atoms with E-state index in [1.54, 1.807) is 0 Å². The summed E-state index contributed by atoms with van der Waals surface area (Å²) in [5, 5.41) is 12.0. The van der Waals surface area contributed by atoms with Crippen LogP contribution in [0.2, 0.25) is 0 Å². The lowest BCUT2D eigenvalue weighted by molar-refractivity contribution is -0.121. The van der Waals surface area contributed by atoms with E-state index in [1.165, 1.54) is 0 Å². The van der Waals surface area contributed by atoms with E-state index >= 15 is 0 Å². The third-order valence-electron chi connectivity index (χ3n) is 4.02. The van der Waals surface area contributed by atoms with Crippen molar-refractivity contribution in [3.05, 3.63) is 36.5 Å². The monoisotopic (exact) mass is 431 g/mol. The van der Waals surface area contributed by atoms with Crippen molar-refractivity contribution in [2.75, 3.05) is 13.2 Å². The summed E-state index contributed by atoms with van der Waals surface area (Å²) < 4.78 is 14.7. The summed E-state index contributed by atoms with van der Waals surface area (Å²) >= 11 is 0.